The van der Waals surface area contributed by atoms with Gasteiger partial charge in [-0.05, 0) is 25.0 Å². The molecule has 1 saturated carbocycles. The normalized spacial score (nSPS) is 17.4. The average molecular weight is 254 g/mol. The summed E-state index contributed by atoms with van der Waals surface area (Å²) < 4.78 is 10.5. The fourth-order valence-corrected chi connectivity index (χ4v) is 3.36. The maximum Gasteiger partial charge on any atom is 0.136 e. The molecule has 0 amide bonds. The lowest BCUT2D eigenvalue weighted by Crippen LogP contribution is -2.37. The lowest BCUT2D eigenvalue weighted by Gasteiger charge is -2.39. The maximum atomic E-state index is 9.48. The van der Waals surface area contributed by atoms with Crippen molar-refractivity contribution in [2.75, 3.05) is 20.8 Å². The summed E-state index contributed by atoms with van der Waals surface area (Å²) in [7, 11) is 3.30. The molecule has 0 heterocycles. The predicted molar refractivity (Wildman–Crippen MR) is 69.1 cm³/mol. The van der Waals surface area contributed by atoms with Crippen molar-refractivity contribution in [3.05, 3.63) is 18.2 Å². The van der Waals surface area contributed by atoms with Gasteiger partial charge in [0.1, 0.15) is 11.5 Å². The van der Waals surface area contributed by atoms with Crippen LogP contribution in [0.1, 0.15) is 19.3 Å². The minimum absolute atomic E-state index is 0.00185. The van der Waals surface area contributed by atoms with Crippen molar-refractivity contribution in [3.8, 4) is 11.5 Å². The summed E-state index contributed by atoms with van der Waals surface area (Å²) >= 11 is 1.72. The number of thioether (sulfide) groups is 1. The first-order valence-electron chi connectivity index (χ1n) is 5.75. The van der Waals surface area contributed by atoms with Crippen molar-refractivity contribution in [1.29, 1.82) is 0 Å². The fraction of sp³-hybridized carbons (Fsp3) is 0.538. The van der Waals surface area contributed by atoms with Crippen molar-refractivity contribution in [2.45, 2.75) is 28.9 Å². The Morgan fingerprint density at radius 1 is 1.29 bits per heavy atom. The van der Waals surface area contributed by atoms with E-state index in [1.54, 1.807) is 26.0 Å². The summed E-state index contributed by atoms with van der Waals surface area (Å²) in [4.78, 5) is 1.07. The van der Waals surface area contributed by atoms with Gasteiger partial charge in [0, 0.05) is 10.8 Å². The van der Waals surface area contributed by atoms with E-state index >= 15 is 0 Å². The standard InChI is InChI=1S/C13H18O3S/c1-15-10-4-5-12(11(8-10)16-2)17-13(9-14)6-3-7-13/h4-5,8,14H,3,6-7,9H2,1-2H3. The highest BCUT2D eigenvalue weighted by Gasteiger charge is 2.38. The molecule has 94 valence electrons. The van der Waals surface area contributed by atoms with Gasteiger partial charge in [0.25, 0.3) is 0 Å². The molecule has 1 aromatic carbocycles. The number of hydrogen-bond donors (Lipinski definition) is 1. The lowest BCUT2D eigenvalue weighted by atomic mass is 9.85. The van der Waals surface area contributed by atoms with Gasteiger partial charge in [-0.3, -0.25) is 0 Å². The topological polar surface area (TPSA) is 38.7 Å². The molecule has 17 heavy (non-hydrogen) atoms. The summed E-state index contributed by atoms with van der Waals surface area (Å²) in [5.74, 6) is 1.60. The molecule has 0 bridgehead atoms. The third-order valence-electron chi connectivity index (χ3n) is 3.25. The molecule has 1 aliphatic carbocycles. The van der Waals surface area contributed by atoms with Crippen LogP contribution in [0.25, 0.3) is 0 Å². The van der Waals surface area contributed by atoms with Gasteiger partial charge in [-0.25, -0.2) is 0 Å². The maximum absolute atomic E-state index is 9.48. The highest BCUT2D eigenvalue weighted by molar-refractivity contribution is 8.00. The van der Waals surface area contributed by atoms with E-state index in [9.17, 15) is 5.11 Å². The van der Waals surface area contributed by atoms with Gasteiger partial charge in [-0.15, -0.1) is 11.8 Å². The summed E-state index contributed by atoms with van der Waals surface area (Å²) in [6.45, 7) is 0.229. The van der Waals surface area contributed by atoms with Crippen LogP contribution in [0.5, 0.6) is 11.5 Å². The van der Waals surface area contributed by atoms with E-state index in [-0.39, 0.29) is 11.4 Å². The summed E-state index contributed by atoms with van der Waals surface area (Å²) in [5.41, 5.74) is 0. The number of hydrogen-bond acceptors (Lipinski definition) is 4. The Hall–Kier alpha value is -0.870. The Morgan fingerprint density at radius 2 is 2.06 bits per heavy atom. The number of benzene rings is 1. The summed E-state index contributed by atoms with van der Waals surface area (Å²) in [6, 6.07) is 5.80. The van der Waals surface area contributed by atoms with Crippen LogP contribution in [0.4, 0.5) is 0 Å². The number of methoxy groups -OCH3 is 2. The first kappa shape index (κ1) is 12.6. The van der Waals surface area contributed by atoms with Crippen molar-refractivity contribution < 1.29 is 14.6 Å². The van der Waals surface area contributed by atoms with Crippen LogP contribution in [-0.4, -0.2) is 30.7 Å². The Balaban J connectivity index is 2.20. The lowest BCUT2D eigenvalue weighted by molar-refractivity contribution is 0.191. The van der Waals surface area contributed by atoms with Crippen LogP contribution in [0, 0.1) is 0 Å². The number of rotatable bonds is 5. The molecule has 0 saturated heterocycles. The van der Waals surface area contributed by atoms with Gasteiger partial charge in [0.15, 0.2) is 0 Å². The Labute approximate surface area is 106 Å². The SMILES string of the molecule is COc1ccc(SC2(CO)CCC2)c(OC)c1. The van der Waals surface area contributed by atoms with E-state index in [1.165, 1.54) is 6.42 Å². The van der Waals surface area contributed by atoms with Crippen LogP contribution in [0.15, 0.2) is 23.1 Å². The highest BCUT2D eigenvalue weighted by atomic mass is 32.2. The molecule has 0 spiro atoms. The Bertz CT molecular complexity index is 383. The quantitative estimate of drug-likeness (QED) is 0.877. The zero-order valence-electron chi connectivity index (χ0n) is 10.2. The first-order chi connectivity index (χ1) is 8.23. The molecule has 1 fully saturated rings. The van der Waals surface area contributed by atoms with E-state index in [1.807, 2.05) is 18.2 Å². The molecule has 0 unspecified atom stereocenters. The van der Waals surface area contributed by atoms with E-state index in [2.05, 4.69) is 0 Å². The number of aliphatic hydroxyl groups is 1. The second-order valence-corrected chi connectivity index (χ2v) is 5.82. The minimum atomic E-state index is 0.00185. The van der Waals surface area contributed by atoms with E-state index in [0.29, 0.717) is 0 Å². The smallest absolute Gasteiger partial charge is 0.136 e. The molecule has 3 nitrogen and oxygen atoms in total. The Kier molecular flexibility index (Phi) is 3.84. The van der Waals surface area contributed by atoms with E-state index in [0.717, 1.165) is 29.2 Å². The predicted octanol–water partition coefficient (Wildman–Crippen LogP) is 2.71. The summed E-state index contributed by atoms with van der Waals surface area (Å²) in [6.07, 6.45) is 3.35. The molecule has 0 aromatic heterocycles. The second-order valence-electron chi connectivity index (χ2n) is 4.31. The number of ether oxygens (including phenoxy) is 2. The molecule has 4 heteroatoms. The van der Waals surface area contributed by atoms with Gasteiger partial charge in [0.05, 0.1) is 25.7 Å². The zero-order chi connectivity index (χ0) is 12.3. The molecule has 2 rings (SSSR count). The third kappa shape index (κ3) is 2.53. The van der Waals surface area contributed by atoms with Crippen molar-refractivity contribution in [3.63, 3.8) is 0 Å². The minimum Gasteiger partial charge on any atom is -0.497 e. The summed E-state index contributed by atoms with van der Waals surface area (Å²) in [5, 5.41) is 9.48. The van der Waals surface area contributed by atoms with E-state index < -0.39 is 0 Å². The molecule has 1 aromatic rings. The van der Waals surface area contributed by atoms with Gasteiger partial charge in [0.2, 0.25) is 0 Å². The largest absolute Gasteiger partial charge is 0.497 e. The molecular formula is C13H18O3S. The molecule has 0 radical (unpaired) electrons. The van der Waals surface area contributed by atoms with E-state index in [4.69, 9.17) is 9.47 Å². The van der Waals surface area contributed by atoms with Gasteiger partial charge < -0.3 is 14.6 Å². The average Bonchev–Trinajstić information content (AvgIpc) is 2.34. The third-order valence-corrected chi connectivity index (χ3v) is 4.78. The second kappa shape index (κ2) is 5.19. The van der Waals surface area contributed by atoms with Gasteiger partial charge in [-0.1, -0.05) is 6.42 Å². The van der Waals surface area contributed by atoms with Crippen molar-refractivity contribution in [2.24, 2.45) is 0 Å². The highest BCUT2D eigenvalue weighted by Crippen LogP contribution is 2.49. The number of aliphatic hydroxyl groups excluding tert-OH is 1. The van der Waals surface area contributed by atoms with Crippen LogP contribution in [-0.2, 0) is 0 Å². The molecular weight excluding hydrogens is 236 g/mol. The first-order valence-corrected chi connectivity index (χ1v) is 6.56. The van der Waals surface area contributed by atoms with Crippen LogP contribution < -0.4 is 9.47 Å². The van der Waals surface area contributed by atoms with Gasteiger partial charge in [-0.2, -0.15) is 0 Å². The van der Waals surface area contributed by atoms with Crippen molar-refractivity contribution in [1.82, 2.24) is 0 Å². The van der Waals surface area contributed by atoms with Gasteiger partial charge >= 0.3 is 0 Å². The molecule has 0 aliphatic heterocycles. The molecule has 0 atom stereocenters. The van der Waals surface area contributed by atoms with Crippen molar-refractivity contribution >= 4 is 11.8 Å². The monoisotopic (exact) mass is 254 g/mol. The van der Waals surface area contributed by atoms with Crippen LogP contribution >= 0.6 is 11.8 Å². The zero-order valence-corrected chi connectivity index (χ0v) is 11.0. The molecule has 1 aliphatic rings. The molecule has 1 N–H and O–H groups in total. The fourth-order valence-electron chi connectivity index (χ4n) is 1.96. The Morgan fingerprint density at radius 3 is 2.53 bits per heavy atom. The van der Waals surface area contributed by atoms with Crippen LogP contribution in [0.2, 0.25) is 0 Å². The van der Waals surface area contributed by atoms with Crippen LogP contribution in [0.3, 0.4) is 0 Å².